The smallest absolute Gasteiger partial charge is 0.250 e. The summed E-state index contributed by atoms with van der Waals surface area (Å²) in [6.07, 6.45) is 0.939. The normalized spacial score (nSPS) is 11.0. The Bertz CT molecular complexity index is 964. The Kier molecular flexibility index (Phi) is 6.12. The van der Waals surface area contributed by atoms with Crippen molar-refractivity contribution in [2.75, 3.05) is 22.4 Å². The fourth-order valence-corrected chi connectivity index (χ4v) is 3.48. The van der Waals surface area contributed by atoms with Gasteiger partial charge in [0, 0.05) is 5.02 Å². The summed E-state index contributed by atoms with van der Waals surface area (Å²) in [6, 6.07) is 10.4. The molecule has 3 N–H and O–H groups in total. The third kappa shape index (κ3) is 4.87. The van der Waals surface area contributed by atoms with Crippen molar-refractivity contribution >= 4 is 56.4 Å². The maximum absolute atomic E-state index is 12.4. The van der Waals surface area contributed by atoms with E-state index in [4.69, 9.17) is 28.9 Å². The van der Waals surface area contributed by atoms with Gasteiger partial charge in [-0.1, -0.05) is 35.3 Å². The minimum atomic E-state index is -3.83. The lowest BCUT2D eigenvalue weighted by Gasteiger charge is -2.23. The highest BCUT2D eigenvalue weighted by molar-refractivity contribution is 7.92. The lowest BCUT2D eigenvalue weighted by atomic mass is 10.1. The lowest BCUT2D eigenvalue weighted by molar-refractivity contribution is -0.114. The molecule has 0 saturated carbocycles. The van der Waals surface area contributed by atoms with Crippen molar-refractivity contribution in [3.8, 4) is 0 Å². The molecule has 0 fully saturated rings. The first-order chi connectivity index (χ1) is 12.1. The van der Waals surface area contributed by atoms with Crippen LogP contribution in [-0.2, 0) is 14.8 Å². The Morgan fingerprint density at radius 1 is 1.15 bits per heavy atom. The van der Waals surface area contributed by atoms with Gasteiger partial charge < -0.3 is 11.1 Å². The molecule has 0 bridgehead atoms. The van der Waals surface area contributed by atoms with Crippen LogP contribution >= 0.6 is 23.2 Å². The van der Waals surface area contributed by atoms with Crippen LogP contribution in [0.25, 0.3) is 0 Å². The maximum Gasteiger partial charge on any atom is 0.250 e. The van der Waals surface area contributed by atoms with Crippen LogP contribution in [0.3, 0.4) is 0 Å². The van der Waals surface area contributed by atoms with Gasteiger partial charge in [0.05, 0.1) is 28.2 Å². The number of sulfonamides is 1. The van der Waals surface area contributed by atoms with E-state index in [0.29, 0.717) is 0 Å². The van der Waals surface area contributed by atoms with E-state index in [1.54, 1.807) is 12.1 Å². The third-order valence-electron chi connectivity index (χ3n) is 3.33. The van der Waals surface area contributed by atoms with Crippen molar-refractivity contribution in [2.45, 2.75) is 0 Å². The van der Waals surface area contributed by atoms with Gasteiger partial charge in [0.25, 0.3) is 5.91 Å². The van der Waals surface area contributed by atoms with Gasteiger partial charge >= 0.3 is 0 Å². The third-order valence-corrected chi connectivity index (χ3v) is 5.01. The van der Waals surface area contributed by atoms with Crippen LogP contribution in [0.4, 0.5) is 11.4 Å². The average Bonchev–Trinajstić information content (AvgIpc) is 2.54. The van der Waals surface area contributed by atoms with Gasteiger partial charge in [-0.25, -0.2) is 8.42 Å². The van der Waals surface area contributed by atoms with Gasteiger partial charge in [-0.3, -0.25) is 13.9 Å². The number of carbonyl (C=O) groups is 2. The summed E-state index contributed by atoms with van der Waals surface area (Å²) >= 11 is 12.0. The number of hydrogen-bond acceptors (Lipinski definition) is 4. The first-order valence-electron chi connectivity index (χ1n) is 7.21. The molecule has 0 aromatic heterocycles. The molecular weight excluding hydrogens is 401 g/mol. The van der Waals surface area contributed by atoms with E-state index < -0.39 is 28.4 Å². The zero-order valence-electron chi connectivity index (χ0n) is 13.6. The minimum Gasteiger partial charge on any atom is -0.366 e. The molecule has 2 amide bonds. The van der Waals surface area contributed by atoms with E-state index in [0.717, 1.165) is 10.6 Å². The Balaban J connectivity index is 2.32. The molecule has 0 aliphatic rings. The predicted octanol–water partition coefficient (Wildman–Crippen LogP) is 2.50. The number of anilines is 2. The number of amides is 2. The van der Waals surface area contributed by atoms with E-state index >= 15 is 0 Å². The zero-order valence-corrected chi connectivity index (χ0v) is 15.9. The minimum absolute atomic E-state index is 0.0694. The van der Waals surface area contributed by atoms with E-state index in [1.165, 1.54) is 30.3 Å². The molecule has 0 heterocycles. The topological polar surface area (TPSA) is 110 Å². The number of halogens is 2. The molecule has 0 saturated heterocycles. The summed E-state index contributed by atoms with van der Waals surface area (Å²) in [7, 11) is -3.83. The molecule has 0 atom stereocenters. The van der Waals surface area contributed by atoms with Gasteiger partial charge in [0.2, 0.25) is 15.9 Å². The lowest BCUT2D eigenvalue weighted by Crippen LogP contribution is -2.38. The number of primary amides is 1. The highest BCUT2D eigenvalue weighted by Crippen LogP contribution is 2.30. The molecule has 26 heavy (non-hydrogen) atoms. The van der Waals surface area contributed by atoms with Crippen molar-refractivity contribution in [3.63, 3.8) is 0 Å². The number of para-hydroxylation sites is 1. The molecule has 0 unspecified atom stereocenters. The van der Waals surface area contributed by atoms with Crippen LogP contribution in [0.1, 0.15) is 10.4 Å². The monoisotopic (exact) mass is 415 g/mol. The average molecular weight is 416 g/mol. The second-order valence-corrected chi connectivity index (χ2v) is 8.07. The van der Waals surface area contributed by atoms with E-state index in [-0.39, 0.29) is 27.0 Å². The molecule has 0 radical (unpaired) electrons. The number of nitrogens with zero attached hydrogens (tertiary/aromatic N) is 1. The first-order valence-corrected chi connectivity index (χ1v) is 9.81. The molecule has 2 aromatic rings. The second-order valence-electron chi connectivity index (χ2n) is 5.32. The highest BCUT2D eigenvalue weighted by Gasteiger charge is 2.24. The Morgan fingerprint density at radius 3 is 2.42 bits per heavy atom. The van der Waals surface area contributed by atoms with E-state index in [1.807, 2.05) is 0 Å². The number of rotatable bonds is 6. The Morgan fingerprint density at radius 2 is 1.81 bits per heavy atom. The number of hydrogen-bond donors (Lipinski definition) is 2. The van der Waals surface area contributed by atoms with E-state index in [2.05, 4.69) is 5.32 Å². The fourth-order valence-electron chi connectivity index (χ4n) is 2.19. The number of nitrogens with two attached hydrogens (primary N) is 1. The molecule has 0 spiro atoms. The molecule has 138 valence electrons. The van der Waals surface area contributed by atoms with Crippen LogP contribution in [0.5, 0.6) is 0 Å². The first kappa shape index (κ1) is 20.0. The molecule has 2 rings (SSSR count). The Labute approximate surface area is 160 Å². The van der Waals surface area contributed by atoms with Crippen LogP contribution in [-0.4, -0.2) is 33.0 Å². The summed E-state index contributed by atoms with van der Waals surface area (Å²) in [5, 5.41) is 2.85. The van der Waals surface area contributed by atoms with E-state index in [9.17, 15) is 18.0 Å². The highest BCUT2D eigenvalue weighted by atomic mass is 35.5. The molecule has 2 aromatic carbocycles. The van der Waals surface area contributed by atoms with Gasteiger partial charge in [-0.15, -0.1) is 0 Å². The number of nitrogens with one attached hydrogen (secondary N) is 1. The SMILES string of the molecule is CS(=O)(=O)N(CC(=O)Nc1ccccc1C(N)=O)c1cc(Cl)ccc1Cl. The van der Waals surface area contributed by atoms with Gasteiger partial charge in [0.15, 0.2) is 0 Å². The molecule has 0 aliphatic heterocycles. The quantitative estimate of drug-likeness (QED) is 0.754. The van der Waals surface area contributed by atoms with Crippen molar-refractivity contribution < 1.29 is 18.0 Å². The van der Waals surface area contributed by atoms with Crippen LogP contribution in [0.2, 0.25) is 10.0 Å². The van der Waals surface area contributed by atoms with Crippen molar-refractivity contribution in [1.82, 2.24) is 0 Å². The van der Waals surface area contributed by atoms with Gasteiger partial charge in [0.1, 0.15) is 6.54 Å². The van der Waals surface area contributed by atoms with Crippen molar-refractivity contribution in [3.05, 3.63) is 58.1 Å². The summed E-state index contributed by atoms with van der Waals surface area (Å²) in [5.41, 5.74) is 5.61. The molecule has 10 heteroatoms. The largest absolute Gasteiger partial charge is 0.366 e. The number of carbonyl (C=O) groups excluding carboxylic acids is 2. The maximum atomic E-state index is 12.4. The molecule has 7 nitrogen and oxygen atoms in total. The standard InChI is InChI=1S/C16H15Cl2N3O4S/c1-26(24,25)21(14-8-10(17)6-7-12(14)18)9-15(22)20-13-5-3-2-4-11(13)16(19)23/h2-8H,9H2,1H3,(H2,19,23)(H,20,22). The summed E-state index contributed by atoms with van der Waals surface area (Å²) < 4.78 is 25.1. The van der Waals surface area contributed by atoms with Crippen molar-refractivity contribution in [2.24, 2.45) is 5.73 Å². The number of benzene rings is 2. The zero-order chi connectivity index (χ0) is 19.5. The predicted molar refractivity (Wildman–Crippen MR) is 102 cm³/mol. The van der Waals surface area contributed by atoms with Gasteiger partial charge in [-0.2, -0.15) is 0 Å². The molecular formula is C16H15Cl2N3O4S. The van der Waals surface area contributed by atoms with Gasteiger partial charge in [-0.05, 0) is 30.3 Å². The Hall–Kier alpha value is -2.29. The summed E-state index contributed by atoms with van der Waals surface area (Å²) in [4.78, 5) is 23.8. The fraction of sp³-hybridized carbons (Fsp3) is 0.125. The van der Waals surface area contributed by atoms with Crippen molar-refractivity contribution in [1.29, 1.82) is 0 Å². The second kappa shape index (κ2) is 7.94. The van der Waals surface area contributed by atoms with Crippen LogP contribution in [0.15, 0.2) is 42.5 Å². The van der Waals surface area contributed by atoms with Crippen LogP contribution in [0, 0.1) is 0 Å². The summed E-state index contributed by atoms with van der Waals surface area (Å²) in [6.45, 7) is -0.564. The van der Waals surface area contributed by atoms with Crippen LogP contribution < -0.4 is 15.4 Å². The summed E-state index contributed by atoms with van der Waals surface area (Å²) in [5.74, 6) is -1.40. The molecule has 0 aliphatic carbocycles.